The van der Waals surface area contributed by atoms with Gasteiger partial charge in [-0.15, -0.1) is 0 Å². The van der Waals surface area contributed by atoms with Crippen molar-refractivity contribution in [3.63, 3.8) is 0 Å². The maximum atomic E-state index is 12.6. The van der Waals surface area contributed by atoms with E-state index in [0.29, 0.717) is 11.3 Å². The smallest absolute Gasteiger partial charge is 0.497 e. The SMILES string of the molecule is COc1ccc2c(CCN(C)C)cn(C(=O)OCOC(=O)OC3CCNCC3)c2c1. The molecule has 0 radical (unpaired) electrons. The molecule has 0 amide bonds. The second-order valence-corrected chi connectivity index (χ2v) is 7.45. The summed E-state index contributed by atoms with van der Waals surface area (Å²) in [6.07, 6.45) is 2.36. The van der Waals surface area contributed by atoms with E-state index in [9.17, 15) is 9.59 Å². The minimum Gasteiger partial charge on any atom is -0.497 e. The van der Waals surface area contributed by atoms with Crippen LogP contribution in [0.15, 0.2) is 24.4 Å². The topological polar surface area (TPSA) is 91.3 Å². The highest BCUT2D eigenvalue weighted by Gasteiger charge is 2.20. The number of ether oxygens (including phenoxy) is 4. The molecule has 9 heteroatoms. The predicted octanol–water partition coefficient (Wildman–Crippen LogP) is 2.60. The van der Waals surface area contributed by atoms with Crippen molar-refractivity contribution in [3.05, 3.63) is 30.0 Å². The Labute approximate surface area is 175 Å². The fraction of sp³-hybridized carbons (Fsp3) is 0.524. The first-order valence-electron chi connectivity index (χ1n) is 10.0. The van der Waals surface area contributed by atoms with Gasteiger partial charge < -0.3 is 29.2 Å². The van der Waals surface area contributed by atoms with Crippen LogP contribution in [-0.2, 0) is 20.6 Å². The Bertz CT molecular complexity index is 873. The number of hydrogen-bond donors (Lipinski definition) is 1. The van der Waals surface area contributed by atoms with Gasteiger partial charge in [0.15, 0.2) is 0 Å². The highest BCUT2D eigenvalue weighted by atomic mass is 16.8. The van der Waals surface area contributed by atoms with Gasteiger partial charge in [-0.25, -0.2) is 9.59 Å². The van der Waals surface area contributed by atoms with Gasteiger partial charge in [-0.3, -0.25) is 4.57 Å². The molecule has 1 aromatic carbocycles. The second kappa shape index (κ2) is 10.3. The number of hydrogen-bond acceptors (Lipinski definition) is 8. The number of carbonyl (C=O) groups is 2. The average molecular weight is 419 g/mol. The van der Waals surface area contributed by atoms with E-state index in [-0.39, 0.29) is 6.10 Å². The first-order chi connectivity index (χ1) is 14.5. The fourth-order valence-electron chi connectivity index (χ4n) is 3.38. The number of rotatable bonds is 7. The van der Waals surface area contributed by atoms with Gasteiger partial charge in [0.2, 0.25) is 6.79 Å². The highest BCUT2D eigenvalue weighted by Crippen LogP contribution is 2.26. The zero-order chi connectivity index (χ0) is 21.5. The molecule has 2 heterocycles. The fourth-order valence-corrected chi connectivity index (χ4v) is 3.38. The summed E-state index contributed by atoms with van der Waals surface area (Å²) in [5.41, 5.74) is 1.69. The number of methoxy groups -OCH3 is 1. The summed E-state index contributed by atoms with van der Waals surface area (Å²) in [5, 5.41) is 4.13. The van der Waals surface area contributed by atoms with Crippen LogP contribution in [0.2, 0.25) is 0 Å². The van der Waals surface area contributed by atoms with Crippen LogP contribution in [0.1, 0.15) is 18.4 Å². The number of benzene rings is 1. The van der Waals surface area contributed by atoms with Gasteiger partial charge in [0.05, 0.1) is 12.6 Å². The van der Waals surface area contributed by atoms with E-state index in [1.807, 2.05) is 26.2 Å². The Morgan fingerprint density at radius 2 is 1.97 bits per heavy atom. The van der Waals surface area contributed by atoms with Crippen LogP contribution >= 0.6 is 0 Å². The molecule has 0 aliphatic carbocycles. The summed E-state index contributed by atoms with van der Waals surface area (Å²) < 4.78 is 22.0. The van der Waals surface area contributed by atoms with E-state index in [2.05, 4.69) is 10.2 Å². The van der Waals surface area contributed by atoms with Gasteiger partial charge in [0, 0.05) is 24.2 Å². The number of nitrogens with one attached hydrogen (secondary N) is 1. The molecule has 30 heavy (non-hydrogen) atoms. The highest BCUT2D eigenvalue weighted by molar-refractivity contribution is 5.92. The largest absolute Gasteiger partial charge is 0.511 e. The molecule has 0 atom stereocenters. The number of likely N-dealkylation sites (N-methyl/N-ethyl adjacent to an activating group) is 1. The van der Waals surface area contributed by atoms with E-state index in [1.165, 1.54) is 4.57 Å². The van der Waals surface area contributed by atoms with Crippen LogP contribution in [0.4, 0.5) is 9.59 Å². The zero-order valence-electron chi connectivity index (χ0n) is 17.7. The monoisotopic (exact) mass is 419 g/mol. The Morgan fingerprint density at radius 1 is 1.20 bits per heavy atom. The van der Waals surface area contributed by atoms with E-state index >= 15 is 0 Å². The van der Waals surface area contributed by atoms with Gasteiger partial charge >= 0.3 is 12.2 Å². The van der Waals surface area contributed by atoms with Crippen molar-refractivity contribution in [1.29, 1.82) is 0 Å². The lowest BCUT2D eigenvalue weighted by Crippen LogP contribution is -2.34. The summed E-state index contributed by atoms with van der Waals surface area (Å²) in [6, 6.07) is 5.56. The average Bonchev–Trinajstić information content (AvgIpc) is 3.10. The quantitative estimate of drug-likeness (QED) is 0.541. The summed E-state index contributed by atoms with van der Waals surface area (Å²) in [7, 11) is 5.56. The molecular weight excluding hydrogens is 390 g/mol. The molecule has 0 spiro atoms. The lowest BCUT2D eigenvalue weighted by atomic mass is 10.1. The molecule has 2 aromatic rings. The maximum absolute atomic E-state index is 12.6. The van der Waals surface area contributed by atoms with Crippen molar-refractivity contribution >= 4 is 23.2 Å². The van der Waals surface area contributed by atoms with Gasteiger partial charge in [0.1, 0.15) is 11.9 Å². The van der Waals surface area contributed by atoms with Crippen molar-refractivity contribution in [1.82, 2.24) is 14.8 Å². The third-order valence-electron chi connectivity index (χ3n) is 5.03. The number of carbonyl (C=O) groups excluding carboxylic acids is 2. The third-order valence-corrected chi connectivity index (χ3v) is 5.03. The van der Waals surface area contributed by atoms with Crippen LogP contribution in [0.5, 0.6) is 5.75 Å². The number of fused-ring (bicyclic) bond motifs is 1. The van der Waals surface area contributed by atoms with Crippen LogP contribution < -0.4 is 10.1 Å². The number of aromatic nitrogens is 1. The normalized spacial score (nSPS) is 14.7. The molecule has 1 N–H and O–H groups in total. The van der Waals surface area contributed by atoms with Gasteiger partial charge in [-0.05, 0) is 64.1 Å². The molecule has 9 nitrogen and oxygen atoms in total. The van der Waals surface area contributed by atoms with E-state index < -0.39 is 19.0 Å². The molecule has 1 fully saturated rings. The lowest BCUT2D eigenvalue weighted by Gasteiger charge is -2.22. The molecule has 164 valence electrons. The number of nitrogens with zero attached hydrogens (tertiary/aromatic N) is 2. The Morgan fingerprint density at radius 3 is 2.67 bits per heavy atom. The summed E-state index contributed by atoms with van der Waals surface area (Å²) in [6.45, 7) is 1.92. The van der Waals surface area contributed by atoms with Crippen molar-refractivity contribution in [2.75, 3.05) is 47.6 Å². The van der Waals surface area contributed by atoms with E-state index in [4.69, 9.17) is 18.9 Å². The molecular formula is C21H29N3O6. The predicted molar refractivity (Wildman–Crippen MR) is 111 cm³/mol. The van der Waals surface area contributed by atoms with Crippen molar-refractivity contribution in [3.8, 4) is 5.75 Å². The third kappa shape index (κ3) is 5.64. The first kappa shape index (κ1) is 21.9. The lowest BCUT2D eigenvalue weighted by molar-refractivity contribution is -0.0338. The summed E-state index contributed by atoms with van der Waals surface area (Å²) in [5.74, 6) is 0.635. The van der Waals surface area contributed by atoms with E-state index in [1.54, 1.807) is 19.4 Å². The molecule has 1 aliphatic heterocycles. The molecule has 3 rings (SSSR count). The molecule has 1 saturated heterocycles. The minimum absolute atomic E-state index is 0.172. The maximum Gasteiger partial charge on any atom is 0.511 e. The van der Waals surface area contributed by atoms with Crippen LogP contribution in [0, 0.1) is 0 Å². The molecule has 0 saturated carbocycles. The van der Waals surface area contributed by atoms with Gasteiger partial charge in [-0.1, -0.05) is 0 Å². The Hall–Kier alpha value is -2.78. The van der Waals surface area contributed by atoms with Crippen LogP contribution in [0.3, 0.4) is 0 Å². The number of piperidine rings is 1. The van der Waals surface area contributed by atoms with Gasteiger partial charge in [-0.2, -0.15) is 0 Å². The zero-order valence-corrected chi connectivity index (χ0v) is 17.7. The molecule has 1 aliphatic rings. The summed E-state index contributed by atoms with van der Waals surface area (Å²) in [4.78, 5) is 26.5. The molecule has 0 unspecified atom stereocenters. The van der Waals surface area contributed by atoms with Gasteiger partial charge in [0.25, 0.3) is 0 Å². The first-order valence-corrected chi connectivity index (χ1v) is 10.0. The van der Waals surface area contributed by atoms with Crippen LogP contribution in [-0.4, -0.2) is 75.5 Å². The van der Waals surface area contributed by atoms with Crippen molar-refractivity contribution in [2.24, 2.45) is 0 Å². The Balaban J connectivity index is 1.63. The molecule has 0 bridgehead atoms. The van der Waals surface area contributed by atoms with Crippen LogP contribution in [0.25, 0.3) is 10.9 Å². The Kier molecular flexibility index (Phi) is 7.53. The summed E-state index contributed by atoms with van der Waals surface area (Å²) >= 11 is 0. The van der Waals surface area contributed by atoms with E-state index in [0.717, 1.165) is 49.8 Å². The molecule has 1 aromatic heterocycles. The second-order valence-electron chi connectivity index (χ2n) is 7.45. The standard InChI is InChI=1S/C21H29N3O6/c1-23(2)11-8-15-13-24(19-12-17(27-3)4-5-18(15)19)20(25)28-14-29-21(26)30-16-6-9-22-10-7-16/h4-5,12-13,16,22H,6-11,14H2,1-3H3. The van der Waals surface area contributed by atoms with Crippen molar-refractivity contribution < 1.29 is 28.5 Å². The van der Waals surface area contributed by atoms with Crippen molar-refractivity contribution in [2.45, 2.75) is 25.4 Å². The minimum atomic E-state index is -0.833.